The van der Waals surface area contributed by atoms with Crippen LogP contribution in [0.15, 0.2) is 48.5 Å². The van der Waals surface area contributed by atoms with Crippen LogP contribution in [-0.4, -0.2) is 31.5 Å². The molecule has 0 aliphatic rings. The Morgan fingerprint density at radius 2 is 1.67 bits per heavy atom. The van der Waals surface area contributed by atoms with E-state index in [1.165, 1.54) is 13.2 Å². The Kier molecular flexibility index (Phi) is 5.68. The van der Waals surface area contributed by atoms with Crippen LogP contribution in [0.3, 0.4) is 0 Å². The number of para-hydroxylation sites is 1. The van der Waals surface area contributed by atoms with Crippen molar-refractivity contribution in [3.63, 3.8) is 0 Å². The van der Waals surface area contributed by atoms with Gasteiger partial charge in [0.25, 0.3) is 11.8 Å². The number of imide groups is 1. The van der Waals surface area contributed by atoms with E-state index in [1.54, 1.807) is 42.5 Å². The molecule has 6 nitrogen and oxygen atoms in total. The Hall–Kier alpha value is -3.15. The summed E-state index contributed by atoms with van der Waals surface area (Å²) in [6, 6.07) is 13.2. The van der Waals surface area contributed by atoms with Gasteiger partial charge in [-0.15, -0.1) is 0 Å². The average Bonchev–Trinajstić information content (AvgIpc) is 2.60. The Balaban J connectivity index is 1.90. The number of ether oxygens (including phenoxy) is 2. The lowest BCUT2D eigenvalue weighted by molar-refractivity contribution is -0.123. The lowest BCUT2D eigenvalue weighted by atomic mass is 10.1. The molecule has 2 aromatic carbocycles. The fraction of sp³-hybridized carbons (Fsp3) is 0.167. The van der Waals surface area contributed by atoms with Gasteiger partial charge in [0.05, 0.1) is 18.2 Å². The number of esters is 1. The highest BCUT2D eigenvalue weighted by Gasteiger charge is 2.16. The highest BCUT2D eigenvalue weighted by atomic mass is 16.5. The van der Waals surface area contributed by atoms with Crippen molar-refractivity contribution in [1.82, 2.24) is 5.32 Å². The van der Waals surface area contributed by atoms with E-state index in [0.717, 1.165) is 5.56 Å². The lowest BCUT2D eigenvalue weighted by Gasteiger charge is -2.08. The van der Waals surface area contributed by atoms with Gasteiger partial charge in [-0.25, -0.2) is 4.79 Å². The van der Waals surface area contributed by atoms with Crippen molar-refractivity contribution in [2.45, 2.75) is 6.92 Å². The monoisotopic (exact) mass is 327 g/mol. The summed E-state index contributed by atoms with van der Waals surface area (Å²) in [5.41, 5.74) is 1.56. The number of benzene rings is 2. The second-order valence-corrected chi connectivity index (χ2v) is 5.02. The second kappa shape index (κ2) is 7.92. The molecule has 0 aliphatic carbocycles. The van der Waals surface area contributed by atoms with Crippen molar-refractivity contribution in [3.05, 3.63) is 65.2 Å². The van der Waals surface area contributed by atoms with Crippen LogP contribution < -0.4 is 10.1 Å². The highest BCUT2D eigenvalue weighted by Crippen LogP contribution is 2.16. The molecule has 1 N–H and O–H groups in total. The van der Waals surface area contributed by atoms with E-state index in [4.69, 9.17) is 9.47 Å². The summed E-state index contributed by atoms with van der Waals surface area (Å²) < 4.78 is 9.94. The molecular weight excluding hydrogens is 310 g/mol. The van der Waals surface area contributed by atoms with Crippen LogP contribution in [0.25, 0.3) is 0 Å². The van der Waals surface area contributed by atoms with Gasteiger partial charge >= 0.3 is 5.97 Å². The Morgan fingerprint density at radius 1 is 1.00 bits per heavy atom. The minimum Gasteiger partial charge on any atom is -0.496 e. The minimum atomic E-state index is -0.716. The second-order valence-electron chi connectivity index (χ2n) is 5.02. The summed E-state index contributed by atoms with van der Waals surface area (Å²) in [6.45, 7) is 1.35. The van der Waals surface area contributed by atoms with E-state index in [-0.39, 0.29) is 5.56 Å². The molecule has 0 aromatic heterocycles. The maximum Gasteiger partial charge on any atom is 0.338 e. The number of rotatable bonds is 5. The van der Waals surface area contributed by atoms with E-state index in [9.17, 15) is 14.4 Å². The molecule has 0 heterocycles. The largest absolute Gasteiger partial charge is 0.496 e. The number of carbonyl (C=O) groups excluding carboxylic acids is 3. The van der Waals surface area contributed by atoms with E-state index in [1.807, 2.05) is 6.92 Å². The Labute approximate surface area is 139 Å². The van der Waals surface area contributed by atoms with Crippen LogP contribution in [0.2, 0.25) is 0 Å². The molecule has 24 heavy (non-hydrogen) atoms. The standard InChI is InChI=1S/C18H17NO5/c1-12-7-9-13(10-8-12)18(22)24-11-16(20)19-17(21)14-5-3-4-6-15(14)23-2/h3-10H,11H2,1-2H3,(H,19,20,21). The summed E-state index contributed by atoms with van der Waals surface area (Å²) in [7, 11) is 1.43. The zero-order valence-corrected chi connectivity index (χ0v) is 13.4. The molecule has 0 saturated heterocycles. The van der Waals surface area contributed by atoms with Gasteiger partial charge in [0.1, 0.15) is 5.75 Å². The van der Waals surface area contributed by atoms with Crippen LogP contribution >= 0.6 is 0 Å². The molecule has 2 amide bonds. The predicted molar refractivity (Wildman–Crippen MR) is 86.9 cm³/mol. The summed E-state index contributed by atoms with van der Waals surface area (Å²) in [5, 5.41) is 2.15. The van der Waals surface area contributed by atoms with Crippen LogP contribution in [0.1, 0.15) is 26.3 Å². The fourth-order valence-electron chi connectivity index (χ4n) is 1.97. The van der Waals surface area contributed by atoms with Crippen molar-refractivity contribution >= 4 is 17.8 Å². The van der Waals surface area contributed by atoms with E-state index < -0.39 is 24.4 Å². The molecule has 0 aliphatic heterocycles. The Morgan fingerprint density at radius 3 is 2.33 bits per heavy atom. The van der Waals surface area contributed by atoms with Gasteiger partial charge in [-0.2, -0.15) is 0 Å². The maximum absolute atomic E-state index is 12.0. The zero-order valence-electron chi connectivity index (χ0n) is 13.4. The minimum absolute atomic E-state index is 0.221. The first-order valence-corrected chi connectivity index (χ1v) is 7.22. The molecule has 0 spiro atoms. The van der Waals surface area contributed by atoms with E-state index >= 15 is 0 Å². The number of hydrogen-bond donors (Lipinski definition) is 1. The van der Waals surface area contributed by atoms with Crippen molar-refractivity contribution in [2.75, 3.05) is 13.7 Å². The number of aryl methyl sites for hydroxylation is 1. The molecule has 0 unspecified atom stereocenters. The van der Waals surface area contributed by atoms with Gasteiger partial charge in [0.15, 0.2) is 6.61 Å². The van der Waals surface area contributed by atoms with Gasteiger partial charge in [-0.1, -0.05) is 29.8 Å². The first kappa shape index (κ1) is 17.2. The normalized spacial score (nSPS) is 9.92. The van der Waals surface area contributed by atoms with Crippen molar-refractivity contribution in [1.29, 1.82) is 0 Å². The van der Waals surface area contributed by atoms with E-state index in [0.29, 0.717) is 11.3 Å². The fourth-order valence-corrected chi connectivity index (χ4v) is 1.97. The van der Waals surface area contributed by atoms with Crippen LogP contribution in [0, 0.1) is 6.92 Å². The molecule has 0 saturated carbocycles. The van der Waals surface area contributed by atoms with Gasteiger partial charge in [-0.3, -0.25) is 14.9 Å². The summed E-state index contributed by atoms with van der Waals surface area (Å²) in [6.07, 6.45) is 0. The summed E-state index contributed by atoms with van der Waals surface area (Å²) in [4.78, 5) is 35.6. The van der Waals surface area contributed by atoms with Crippen molar-refractivity contribution in [3.8, 4) is 5.75 Å². The van der Waals surface area contributed by atoms with Crippen molar-refractivity contribution < 1.29 is 23.9 Å². The van der Waals surface area contributed by atoms with Gasteiger partial charge in [0.2, 0.25) is 0 Å². The van der Waals surface area contributed by atoms with Gasteiger partial charge < -0.3 is 9.47 Å². The summed E-state index contributed by atoms with van der Waals surface area (Å²) in [5.74, 6) is -1.62. The molecular formula is C18H17NO5. The van der Waals surface area contributed by atoms with Gasteiger partial charge in [0, 0.05) is 0 Å². The topological polar surface area (TPSA) is 81.7 Å². The van der Waals surface area contributed by atoms with Crippen LogP contribution in [0.5, 0.6) is 5.75 Å². The number of amides is 2. The van der Waals surface area contributed by atoms with E-state index in [2.05, 4.69) is 5.32 Å². The first-order chi connectivity index (χ1) is 11.5. The highest BCUT2D eigenvalue weighted by molar-refractivity contribution is 6.07. The molecule has 2 aromatic rings. The number of nitrogens with one attached hydrogen (secondary N) is 1. The third-order valence-corrected chi connectivity index (χ3v) is 3.23. The molecule has 0 bridgehead atoms. The maximum atomic E-state index is 12.0. The van der Waals surface area contributed by atoms with Crippen LogP contribution in [0.4, 0.5) is 0 Å². The van der Waals surface area contributed by atoms with Crippen LogP contribution in [-0.2, 0) is 9.53 Å². The molecule has 0 radical (unpaired) electrons. The van der Waals surface area contributed by atoms with Gasteiger partial charge in [-0.05, 0) is 31.2 Å². The third kappa shape index (κ3) is 4.42. The molecule has 0 atom stereocenters. The molecule has 6 heteroatoms. The molecule has 124 valence electrons. The predicted octanol–water partition coefficient (Wildman–Crippen LogP) is 2.12. The summed E-state index contributed by atoms with van der Waals surface area (Å²) >= 11 is 0. The molecule has 2 rings (SSSR count). The Bertz CT molecular complexity index is 752. The van der Waals surface area contributed by atoms with Crippen molar-refractivity contribution in [2.24, 2.45) is 0 Å². The quantitative estimate of drug-likeness (QED) is 0.851. The SMILES string of the molecule is COc1ccccc1C(=O)NC(=O)COC(=O)c1ccc(C)cc1. The number of hydrogen-bond acceptors (Lipinski definition) is 5. The smallest absolute Gasteiger partial charge is 0.338 e. The average molecular weight is 327 g/mol. The molecule has 0 fully saturated rings. The number of carbonyl (C=O) groups is 3. The lowest BCUT2D eigenvalue weighted by Crippen LogP contribution is -2.34. The zero-order chi connectivity index (χ0) is 17.5. The third-order valence-electron chi connectivity index (χ3n) is 3.23. The first-order valence-electron chi connectivity index (χ1n) is 7.22. The number of methoxy groups -OCH3 is 1.